The van der Waals surface area contributed by atoms with E-state index in [1.165, 1.54) is 0 Å². The highest BCUT2D eigenvalue weighted by molar-refractivity contribution is 5.98. The number of likely N-dealkylation sites (tertiary alicyclic amines) is 1. The van der Waals surface area contributed by atoms with Gasteiger partial charge in [-0.25, -0.2) is 0 Å². The van der Waals surface area contributed by atoms with Crippen LogP contribution in [-0.2, 0) is 13.6 Å². The highest BCUT2D eigenvalue weighted by Crippen LogP contribution is 2.34. The van der Waals surface area contributed by atoms with E-state index < -0.39 is 0 Å². The van der Waals surface area contributed by atoms with E-state index in [1.807, 2.05) is 50.7 Å². The molecule has 1 saturated heterocycles. The zero-order valence-electron chi connectivity index (χ0n) is 24.7. The predicted molar refractivity (Wildman–Crippen MR) is 159 cm³/mol. The van der Waals surface area contributed by atoms with Crippen molar-refractivity contribution in [3.05, 3.63) is 80.7 Å². The van der Waals surface area contributed by atoms with E-state index in [9.17, 15) is 9.59 Å². The van der Waals surface area contributed by atoms with Gasteiger partial charge in [-0.15, -0.1) is 0 Å². The summed E-state index contributed by atoms with van der Waals surface area (Å²) in [6.45, 7) is 10.2. The molecule has 9 nitrogen and oxygen atoms in total. The van der Waals surface area contributed by atoms with Crippen LogP contribution in [0.15, 0.2) is 41.5 Å². The minimum absolute atomic E-state index is 0.118. The number of aromatic amines is 1. The molecule has 9 heteroatoms. The Balaban J connectivity index is 1.55. The van der Waals surface area contributed by atoms with Crippen LogP contribution in [0.1, 0.15) is 64.2 Å². The van der Waals surface area contributed by atoms with Crippen molar-refractivity contribution < 1.29 is 4.79 Å². The van der Waals surface area contributed by atoms with Crippen molar-refractivity contribution in [3.63, 3.8) is 0 Å². The maximum atomic E-state index is 13.8. The lowest BCUT2D eigenvalue weighted by atomic mass is 9.97. The number of rotatable bonds is 7. The van der Waals surface area contributed by atoms with Gasteiger partial charge in [0.05, 0.1) is 11.2 Å². The number of hydrogen-bond acceptors (Lipinski definition) is 5. The Kier molecular flexibility index (Phi) is 7.70. The van der Waals surface area contributed by atoms with Crippen LogP contribution < -0.4 is 10.9 Å². The molecular weight excluding hydrogens is 502 g/mol. The predicted octanol–water partition coefficient (Wildman–Crippen LogP) is 3.97. The first-order valence-electron chi connectivity index (χ1n) is 14.1. The molecule has 0 bridgehead atoms. The number of H-pyrrole nitrogens is 1. The van der Waals surface area contributed by atoms with Gasteiger partial charge in [0, 0.05) is 79.2 Å². The molecule has 0 spiro atoms. The Hall–Kier alpha value is -3.69. The monoisotopic (exact) mass is 543 g/mol. The molecule has 1 unspecified atom stereocenters. The molecule has 1 fully saturated rings. The van der Waals surface area contributed by atoms with Crippen molar-refractivity contribution in [2.75, 3.05) is 27.2 Å². The molecule has 2 N–H and O–H groups in total. The third-order valence-corrected chi connectivity index (χ3v) is 8.69. The van der Waals surface area contributed by atoms with Crippen LogP contribution in [0.25, 0.3) is 16.8 Å². The van der Waals surface area contributed by atoms with E-state index in [-0.39, 0.29) is 24.1 Å². The molecule has 1 aliphatic rings. The summed E-state index contributed by atoms with van der Waals surface area (Å²) in [5.41, 5.74) is 7.77. The Morgan fingerprint density at radius 1 is 1.18 bits per heavy atom. The van der Waals surface area contributed by atoms with Crippen molar-refractivity contribution in [3.8, 4) is 11.3 Å². The molecule has 0 aromatic carbocycles. The summed E-state index contributed by atoms with van der Waals surface area (Å²) in [6, 6.07) is 8.73. The van der Waals surface area contributed by atoms with E-state index in [0.717, 1.165) is 65.2 Å². The largest absolute Gasteiger partial charge is 0.348 e. The van der Waals surface area contributed by atoms with E-state index >= 15 is 0 Å². The molecule has 4 aromatic rings. The molecule has 1 aliphatic heterocycles. The maximum Gasteiger partial charge on any atom is 0.253 e. The summed E-state index contributed by atoms with van der Waals surface area (Å²) in [4.78, 5) is 34.0. The molecule has 212 valence electrons. The average Bonchev–Trinajstić information content (AvgIpc) is 3.52. The Morgan fingerprint density at radius 2 is 1.90 bits per heavy atom. The number of pyridine rings is 2. The second-order valence-electron chi connectivity index (χ2n) is 11.4. The van der Waals surface area contributed by atoms with Crippen molar-refractivity contribution in [1.29, 1.82) is 0 Å². The number of carbonyl (C=O) groups is 1. The van der Waals surface area contributed by atoms with Gasteiger partial charge in [0.25, 0.3) is 11.5 Å². The number of fused-ring (bicyclic) bond motifs is 1. The SMILES string of the molecule is Cc1cc(C)c(CNC(=O)c2cc3c(-c4ccnn4C)ccn3c(C(C)N3CCC(N(C)C)CC3)c2C)c(=O)[nH]1. The molecule has 0 radical (unpaired) electrons. The number of aromatic nitrogens is 4. The summed E-state index contributed by atoms with van der Waals surface area (Å²) in [6.07, 6.45) is 6.15. The van der Waals surface area contributed by atoms with Crippen LogP contribution in [0.3, 0.4) is 0 Å². The van der Waals surface area contributed by atoms with Crippen LogP contribution in [0, 0.1) is 20.8 Å². The molecule has 1 amide bonds. The van der Waals surface area contributed by atoms with Crippen LogP contribution in [0.4, 0.5) is 0 Å². The third-order valence-electron chi connectivity index (χ3n) is 8.69. The highest BCUT2D eigenvalue weighted by atomic mass is 16.1. The highest BCUT2D eigenvalue weighted by Gasteiger charge is 2.29. The fraction of sp³-hybridized carbons (Fsp3) is 0.452. The lowest BCUT2D eigenvalue weighted by Crippen LogP contribution is -2.43. The Bertz CT molecular complexity index is 1600. The molecule has 5 heterocycles. The van der Waals surface area contributed by atoms with Crippen LogP contribution in [0.5, 0.6) is 0 Å². The van der Waals surface area contributed by atoms with Gasteiger partial charge in [-0.3, -0.25) is 19.2 Å². The Morgan fingerprint density at radius 3 is 2.52 bits per heavy atom. The number of nitrogens with zero attached hydrogens (tertiary/aromatic N) is 5. The molecule has 40 heavy (non-hydrogen) atoms. The quantitative estimate of drug-likeness (QED) is 0.368. The smallest absolute Gasteiger partial charge is 0.253 e. The number of piperidine rings is 1. The van der Waals surface area contributed by atoms with Gasteiger partial charge in [0.1, 0.15) is 0 Å². The maximum absolute atomic E-state index is 13.8. The van der Waals surface area contributed by atoms with Gasteiger partial charge in [-0.1, -0.05) is 0 Å². The number of aryl methyl sites for hydroxylation is 3. The summed E-state index contributed by atoms with van der Waals surface area (Å²) in [7, 11) is 6.25. The first kappa shape index (κ1) is 27.9. The van der Waals surface area contributed by atoms with Crippen LogP contribution >= 0.6 is 0 Å². The van der Waals surface area contributed by atoms with E-state index in [2.05, 4.69) is 62.9 Å². The standard InChI is InChI=1S/C31H41N7O2/c1-19-16-20(2)34-31(40)26(19)18-32-30(39)25-17-28-24(27-8-12-33-36(27)7)11-15-38(28)29(21(25)3)22(4)37-13-9-23(10-14-37)35(5)6/h8,11-12,15-17,22-23H,9-10,13-14,18H2,1-7H3,(H,32,39)(H,34,40). The summed E-state index contributed by atoms with van der Waals surface area (Å²) < 4.78 is 4.10. The first-order valence-corrected chi connectivity index (χ1v) is 14.1. The van der Waals surface area contributed by atoms with Crippen LogP contribution in [0.2, 0.25) is 0 Å². The number of nitrogens with one attached hydrogen (secondary N) is 2. The van der Waals surface area contributed by atoms with E-state index in [0.29, 0.717) is 17.2 Å². The van der Waals surface area contributed by atoms with Crippen molar-refractivity contribution >= 4 is 11.4 Å². The van der Waals surface area contributed by atoms with Crippen molar-refractivity contribution in [2.24, 2.45) is 7.05 Å². The van der Waals surface area contributed by atoms with Gasteiger partial charge in [-0.05, 0) is 90.0 Å². The number of amides is 1. The minimum atomic E-state index is -0.184. The Labute approximate surface area is 235 Å². The normalized spacial score (nSPS) is 15.7. The molecular formula is C31H41N7O2. The second-order valence-corrected chi connectivity index (χ2v) is 11.4. The minimum Gasteiger partial charge on any atom is -0.348 e. The summed E-state index contributed by atoms with van der Waals surface area (Å²) in [5.74, 6) is -0.184. The fourth-order valence-corrected chi connectivity index (χ4v) is 6.30. The van der Waals surface area contributed by atoms with Gasteiger partial charge >= 0.3 is 0 Å². The first-order chi connectivity index (χ1) is 19.1. The van der Waals surface area contributed by atoms with E-state index in [4.69, 9.17) is 0 Å². The van der Waals surface area contributed by atoms with Crippen molar-refractivity contribution in [2.45, 2.75) is 59.2 Å². The topological polar surface area (TPSA) is 90.7 Å². The van der Waals surface area contributed by atoms with E-state index in [1.54, 1.807) is 6.20 Å². The zero-order valence-corrected chi connectivity index (χ0v) is 24.7. The van der Waals surface area contributed by atoms with Gasteiger partial charge in [-0.2, -0.15) is 5.10 Å². The van der Waals surface area contributed by atoms with Gasteiger partial charge in [0.15, 0.2) is 0 Å². The molecule has 0 aliphatic carbocycles. The average molecular weight is 544 g/mol. The number of carbonyl (C=O) groups excluding carboxylic acids is 1. The van der Waals surface area contributed by atoms with Crippen molar-refractivity contribution in [1.82, 2.24) is 34.3 Å². The second kappa shape index (κ2) is 11.1. The molecule has 4 aromatic heterocycles. The lowest BCUT2D eigenvalue weighted by molar-refractivity contribution is 0.0948. The summed E-state index contributed by atoms with van der Waals surface area (Å²) in [5, 5.41) is 7.41. The van der Waals surface area contributed by atoms with Gasteiger partial charge < -0.3 is 19.6 Å². The molecule has 1 atom stereocenters. The zero-order chi connectivity index (χ0) is 28.7. The molecule has 5 rings (SSSR count). The lowest BCUT2D eigenvalue weighted by Gasteiger charge is -2.39. The van der Waals surface area contributed by atoms with Crippen LogP contribution in [-0.4, -0.2) is 68.1 Å². The third kappa shape index (κ3) is 5.11. The fourth-order valence-electron chi connectivity index (χ4n) is 6.30. The number of hydrogen-bond donors (Lipinski definition) is 2. The van der Waals surface area contributed by atoms with Gasteiger partial charge in [0.2, 0.25) is 0 Å². The molecule has 0 saturated carbocycles. The summed E-state index contributed by atoms with van der Waals surface area (Å²) >= 11 is 0.